The highest BCUT2D eigenvalue weighted by Gasteiger charge is 2.02. The Labute approximate surface area is 67.4 Å². The van der Waals surface area contributed by atoms with Crippen LogP contribution < -0.4 is 11.1 Å². The normalized spacial score (nSPS) is 13.4. The summed E-state index contributed by atoms with van der Waals surface area (Å²) < 4.78 is 0. The highest BCUT2D eigenvalue weighted by Crippen LogP contribution is 1.98. The van der Waals surface area contributed by atoms with E-state index >= 15 is 0 Å². The van der Waals surface area contributed by atoms with Gasteiger partial charge in [0.25, 0.3) is 0 Å². The molecule has 0 aromatic rings. The van der Waals surface area contributed by atoms with Gasteiger partial charge in [0.05, 0.1) is 6.73 Å². The first-order valence-corrected chi connectivity index (χ1v) is 4.00. The second-order valence-corrected chi connectivity index (χ2v) is 2.51. The van der Waals surface area contributed by atoms with Crippen LogP contribution in [0.3, 0.4) is 0 Å². The third-order valence-corrected chi connectivity index (χ3v) is 1.63. The van der Waals surface area contributed by atoms with Crippen LogP contribution in [0.1, 0.15) is 19.3 Å². The predicted octanol–water partition coefficient (Wildman–Crippen LogP) is -0.984. The van der Waals surface area contributed by atoms with E-state index in [9.17, 15) is 0 Å². The lowest BCUT2D eigenvalue weighted by molar-refractivity contribution is 0.232. The van der Waals surface area contributed by atoms with E-state index in [1.54, 1.807) is 0 Å². The molecule has 0 aliphatic heterocycles. The van der Waals surface area contributed by atoms with Gasteiger partial charge in [-0.15, -0.1) is 0 Å². The molecule has 4 heteroatoms. The Balaban J connectivity index is 3.20. The maximum Gasteiger partial charge on any atom is 0.0934 e. The Morgan fingerprint density at radius 1 is 1.27 bits per heavy atom. The van der Waals surface area contributed by atoms with Crippen molar-refractivity contribution in [2.24, 2.45) is 5.73 Å². The highest BCUT2D eigenvalue weighted by molar-refractivity contribution is 4.64. The minimum absolute atomic E-state index is 0.0268. The maximum absolute atomic E-state index is 8.51. The van der Waals surface area contributed by atoms with Crippen LogP contribution in [-0.4, -0.2) is 36.1 Å². The number of aliphatic hydroxyl groups excluding tert-OH is 2. The molecule has 0 saturated heterocycles. The van der Waals surface area contributed by atoms with Crippen LogP contribution in [0.4, 0.5) is 0 Å². The molecular formula is C7H18N2O2. The molecule has 0 aromatic carbocycles. The van der Waals surface area contributed by atoms with Gasteiger partial charge >= 0.3 is 0 Å². The standard InChI is InChI=1S/C7H18N2O2/c8-5-7(9-6-11)3-1-2-4-10/h7,9-11H,1-6,8H2. The summed E-state index contributed by atoms with van der Waals surface area (Å²) in [6.07, 6.45) is 2.67. The van der Waals surface area contributed by atoms with Gasteiger partial charge < -0.3 is 15.9 Å². The van der Waals surface area contributed by atoms with Crippen molar-refractivity contribution < 1.29 is 10.2 Å². The Kier molecular flexibility index (Phi) is 7.83. The molecule has 0 spiro atoms. The van der Waals surface area contributed by atoms with Crippen molar-refractivity contribution in [3.8, 4) is 0 Å². The van der Waals surface area contributed by atoms with E-state index in [1.807, 2.05) is 0 Å². The number of rotatable bonds is 7. The third kappa shape index (κ3) is 6.25. The molecule has 1 unspecified atom stereocenters. The summed E-state index contributed by atoms with van der Waals surface area (Å²) in [5.74, 6) is 0. The van der Waals surface area contributed by atoms with Gasteiger partial charge in [0, 0.05) is 19.2 Å². The van der Waals surface area contributed by atoms with Crippen LogP contribution in [0.15, 0.2) is 0 Å². The number of unbranched alkanes of at least 4 members (excludes halogenated alkanes) is 1. The Hall–Kier alpha value is -0.160. The molecule has 0 bridgehead atoms. The van der Waals surface area contributed by atoms with Crippen LogP contribution in [0.25, 0.3) is 0 Å². The van der Waals surface area contributed by atoms with E-state index in [-0.39, 0.29) is 19.4 Å². The average Bonchev–Trinajstić information content (AvgIpc) is 2.03. The Bertz CT molecular complexity index is 80.8. The summed E-state index contributed by atoms with van der Waals surface area (Å²) >= 11 is 0. The second-order valence-electron chi connectivity index (χ2n) is 2.51. The molecule has 0 aliphatic carbocycles. The molecule has 0 heterocycles. The fraction of sp³-hybridized carbons (Fsp3) is 1.00. The summed E-state index contributed by atoms with van der Waals surface area (Å²) in [4.78, 5) is 0. The van der Waals surface area contributed by atoms with E-state index in [2.05, 4.69) is 5.32 Å². The quantitative estimate of drug-likeness (QED) is 0.286. The van der Waals surface area contributed by atoms with Gasteiger partial charge in [-0.2, -0.15) is 0 Å². The van der Waals surface area contributed by atoms with Gasteiger partial charge in [-0.1, -0.05) is 0 Å². The van der Waals surface area contributed by atoms with Gasteiger partial charge in [-0.05, 0) is 19.3 Å². The monoisotopic (exact) mass is 162 g/mol. The van der Waals surface area contributed by atoms with Gasteiger partial charge in [0.2, 0.25) is 0 Å². The molecule has 11 heavy (non-hydrogen) atoms. The molecule has 0 radical (unpaired) electrons. The predicted molar refractivity (Wildman–Crippen MR) is 44.0 cm³/mol. The van der Waals surface area contributed by atoms with Crippen molar-refractivity contribution in [2.45, 2.75) is 25.3 Å². The third-order valence-electron chi connectivity index (χ3n) is 1.63. The van der Waals surface area contributed by atoms with E-state index < -0.39 is 0 Å². The van der Waals surface area contributed by atoms with Crippen LogP contribution in [0.2, 0.25) is 0 Å². The SMILES string of the molecule is NCC(CCCCO)NCO. The summed E-state index contributed by atoms with van der Waals surface area (Å²) in [5.41, 5.74) is 5.40. The molecule has 1 atom stereocenters. The molecule has 68 valence electrons. The van der Waals surface area contributed by atoms with Crippen LogP contribution in [0, 0.1) is 0 Å². The first kappa shape index (κ1) is 10.8. The zero-order valence-electron chi connectivity index (χ0n) is 6.79. The van der Waals surface area contributed by atoms with Gasteiger partial charge in [-0.3, -0.25) is 5.32 Å². The molecule has 0 aromatic heterocycles. The molecule has 0 fully saturated rings. The van der Waals surface area contributed by atoms with Crippen LogP contribution in [-0.2, 0) is 0 Å². The molecule has 0 aliphatic rings. The fourth-order valence-corrected chi connectivity index (χ4v) is 0.935. The molecule has 4 nitrogen and oxygen atoms in total. The minimum Gasteiger partial charge on any atom is -0.396 e. The van der Waals surface area contributed by atoms with Crippen molar-refractivity contribution in [1.82, 2.24) is 5.32 Å². The lowest BCUT2D eigenvalue weighted by atomic mass is 10.1. The minimum atomic E-state index is -0.0268. The summed E-state index contributed by atoms with van der Waals surface area (Å²) in [5, 5.41) is 19.8. The van der Waals surface area contributed by atoms with Gasteiger partial charge in [0.1, 0.15) is 0 Å². The molecule has 0 saturated carbocycles. The zero-order chi connectivity index (χ0) is 8.53. The summed E-state index contributed by atoms with van der Waals surface area (Å²) in [6.45, 7) is 0.739. The number of nitrogens with two attached hydrogens (primary N) is 1. The lowest BCUT2D eigenvalue weighted by Gasteiger charge is -2.13. The number of hydrogen-bond acceptors (Lipinski definition) is 4. The van der Waals surface area contributed by atoms with Crippen LogP contribution in [0.5, 0.6) is 0 Å². The Morgan fingerprint density at radius 3 is 2.45 bits per heavy atom. The van der Waals surface area contributed by atoms with Gasteiger partial charge in [0.15, 0.2) is 0 Å². The number of nitrogens with one attached hydrogen (secondary N) is 1. The maximum atomic E-state index is 8.51. The van der Waals surface area contributed by atoms with Gasteiger partial charge in [-0.25, -0.2) is 0 Å². The fourth-order valence-electron chi connectivity index (χ4n) is 0.935. The van der Waals surface area contributed by atoms with Crippen molar-refractivity contribution in [1.29, 1.82) is 0 Å². The molecule has 0 amide bonds. The van der Waals surface area contributed by atoms with E-state index in [0.29, 0.717) is 6.54 Å². The van der Waals surface area contributed by atoms with Crippen molar-refractivity contribution >= 4 is 0 Å². The summed E-state index contributed by atoms with van der Waals surface area (Å²) in [6, 6.07) is 0.187. The Morgan fingerprint density at radius 2 is 2.00 bits per heavy atom. The van der Waals surface area contributed by atoms with Crippen molar-refractivity contribution in [3.63, 3.8) is 0 Å². The van der Waals surface area contributed by atoms with Crippen LogP contribution >= 0.6 is 0 Å². The number of hydrogen-bond donors (Lipinski definition) is 4. The van der Waals surface area contributed by atoms with Crippen molar-refractivity contribution in [2.75, 3.05) is 19.9 Å². The first-order chi connectivity index (χ1) is 5.35. The lowest BCUT2D eigenvalue weighted by Crippen LogP contribution is -2.36. The largest absolute Gasteiger partial charge is 0.396 e. The van der Waals surface area contributed by atoms with E-state index in [0.717, 1.165) is 19.3 Å². The topological polar surface area (TPSA) is 78.5 Å². The smallest absolute Gasteiger partial charge is 0.0934 e. The highest BCUT2D eigenvalue weighted by atomic mass is 16.3. The van der Waals surface area contributed by atoms with E-state index in [1.165, 1.54) is 0 Å². The molecular weight excluding hydrogens is 144 g/mol. The zero-order valence-corrected chi connectivity index (χ0v) is 6.79. The average molecular weight is 162 g/mol. The van der Waals surface area contributed by atoms with Crippen molar-refractivity contribution in [3.05, 3.63) is 0 Å². The second kappa shape index (κ2) is 7.94. The summed E-state index contributed by atoms with van der Waals surface area (Å²) in [7, 11) is 0. The molecule has 0 rings (SSSR count). The molecule has 5 N–H and O–H groups in total. The number of aliphatic hydroxyl groups is 2. The first-order valence-electron chi connectivity index (χ1n) is 4.00. The van der Waals surface area contributed by atoms with E-state index in [4.69, 9.17) is 15.9 Å².